The van der Waals surface area contributed by atoms with E-state index in [4.69, 9.17) is 25.8 Å². The topological polar surface area (TPSA) is 73.9 Å². The molecule has 0 aliphatic heterocycles. The fourth-order valence-corrected chi connectivity index (χ4v) is 2.25. The van der Waals surface area contributed by atoms with Gasteiger partial charge in [0, 0.05) is 10.7 Å². The lowest BCUT2D eigenvalue weighted by atomic mass is 10.2. The summed E-state index contributed by atoms with van der Waals surface area (Å²) in [4.78, 5) is 24.4. The van der Waals surface area contributed by atoms with Gasteiger partial charge in [-0.15, -0.1) is 0 Å². The Bertz CT molecular complexity index is 776. The Morgan fingerprint density at radius 1 is 1.12 bits per heavy atom. The molecule has 0 fully saturated rings. The smallest absolute Gasteiger partial charge is 0.339 e. The average molecular weight is 378 g/mol. The van der Waals surface area contributed by atoms with Crippen LogP contribution in [0.3, 0.4) is 0 Å². The van der Waals surface area contributed by atoms with Crippen LogP contribution in [0.5, 0.6) is 11.5 Å². The Hall–Kier alpha value is -2.73. The van der Waals surface area contributed by atoms with Crippen molar-refractivity contribution in [3.63, 3.8) is 0 Å². The molecule has 0 aliphatic rings. The van der Waals surface area contributed by atoms with Crippen LogP contribution in [-0.4, -0.2) is 31.7 Å². The fraction of sp³-hybridized carbons (Fsp3) is 0.263. The van der Waals surface area contributed by atoms with Crippen molar-refractivity contribution in [2.75, 3.05) is 19.0 Å². The molecule has 7 heteroatoms. The van der Waals surface area contributed by atoms with Crippen LogP contribution in [-0.2, 0) is 9.53 Å². The van der Waals surface area contributed by atoms with E-state index >= 15 is 0 Å². The third-order valence-corrected chi connectivity index (χ3v) is 3.72. The van der Waals surface area contributed by atoms with E-state index in [1.54, 1.807) is 36.4 Å². The summed E-state index contributed by atoms with van der Waals surface area (Å²) in [6.07, 6.45) is -0.976. The van der Waals surface area contributed by atoms with Crippen molar-refractivity contribution < 1.29 is 23.8 Å². The van der Waals surface area contributed by atoms with Gasteiger partial charge in [0.2, 0.25) is 0 Å². The Kier molecular flexibility index (Phi) is 6.86. The monoisotopic (exact) mass is 377 g/mol. The lowest BCUT2D eigenvalue weighted by molar-refractivity contribution is -0.123. The minimum Gasteiger partial charge on any atom is -0.493 e. The molecule has 0 aromatic heterocycles. The van der Waals surface area contributed by atoms with E-state index in [-0.39, 0.29) is 5.56 Å². The van der Waals surface area contributed by atoms with E-state index in [1.165, 1.54) is 20.1 Å². The normalized spacial score (nSPS) is 11.4. The van der Waals surface area contributed by atoms with Crippen LogP contribution >= 0.6 is 11.6 Å². The number of carbonyl (C=O) groups is 2. The second-order valence-electron chi connectivity index (χ2n) is 5.34. The number of rotatable bonds is 7. The third kappa shape index (κ3) is 5.13. The molecule has 2 aromatic carbocycles. The molecule has 0 bridgehead atoms. The van der Waals surface area contributed by atoms with Gasteiger partial charge in [0.05, 0.1) is 19.3 Å². The number of amides is 1. The Balaban J connectivity index is 2.01. The molecule has 0 saturated carbocycles. The number of ether oxygens (including phenoxy) is 3. The maximum absolute atomic E-state index is 12.3. The number of halogens is 1. The van der Waals surface area contributed by atoms with Gasteiger partial charge in [-0.1, -0.05) is 11.6 Å². The van der Waals surface area contributed by atoms with Gasteiger partial charge in [-0.3, -0.25) is 4.79 Å². The third-order valence-electron chi connectivity index (χ3n) is 3.46. The predicted molar refractivity (Wildman–Crippen MR) is 99.1 cm³/mol. The van der Waals surface area contributed by atoms with E-state index in [9.17, 15) is 9.59 Å². The summed E-state index contributed by atoms with van der Waals surface area (Å²) in [7, 11) is 1.48. The van der Waals surface area contributed by atoms with Gasteiger partial charge in [-0.05, 0) is 56.3 Å². The molecule has 0 radical (unpaired) electrons. The van der Waals surface area contributed by atoms with E-state index < -0.39 is 18.0 Å². The largest absolute Gasteiger partial charge is 0.493 e. The SMILES string of the molecule is CCOc1ccc(C(=O)O[C@H](C)C(=O)Nc2ccc(Cl)cc2)cc1OC. The van der Waals surface area contributed by atoms with Crippen LogP contribution < -0.4 is 14.8 Å². The van der Waals surface area contributed by atoms with Gasteiger partial charge in [-0.25, -0.2) is 4.79 Å². The van der Waals surface area contributed by atoms with Gasteiger partial charge < -0.3 is 19.5 Å². The number of methoxy groups -OCH3 is 1. The molecular formula is C19H20ClNO5. The number of anilines is 1. The molecule has 0 heterocycles. The number of benzene rings is 2. The van der Waals surface area contributed by atoms with Crippen LogP contribution in [0.4, 0.5) is 5.69 Å². The second-order valence-corrected chi connectivity index (χ2v) is 5.78. The van der Waals surface area contributed by atoms with E-state index in [2.05, 4.69) is 5.32 Å². The standard InChI is InChI=1S/C19H20ClNO5/c1-4-25-16-10-5-13(11-17(16)24-3)19(23)26-12(2)18(22)21-15-8-6-14(20)7-9-15/h5-12H,4H2,1-3H3,(H,21,22)/t12-/m1/s1. The van der Waals surface area contributed by atoms with Crippen molar-refractivity contribution in [2.24, 2.45) is 0 Å². The second kappa shape index (κ2) is 9.10. The zero-order valence-corrected chi connectivity index (χ0v) is 15.5. The summed E-state index contributed by atoms with van der Waals surface area (Å²) in [6.45, 7) is 3.82. The number of hydrogen-bond donors (Lipinski definition) is 1. The van der Waals surface area contributed by atoms with E-state index in [0.29, 0.717) is 28.8 Å². The molecule has 0 spiro atoms. The molecule has 1 atom stereocenters. The molecule has 2 rings (SSSR count). The van der Waals surface area contributed by atoms with Gasteiger partial charge in [0.25, 0.3) is 5.91 Å². The van der Waals surface area contributed by atoms with Gasteiger partial charge in [0.15, 0.2) is 17.6 Å². The molecule has 138 valence electrons. The first-order valence-electron chi connectivity index (χ1n) is 8.02. The highest BCUT2D eigenvalue weighted by molar-refractivity contribution is 6.30. The summed E-state index contributed by atoms with van der Waals surface area (Å²) in [5.74, 6) is -0.136. The minimum atomic E-state index is -0.976. The van der Waals surface area contributed by atoms with Gasteiger partial charge in [0.1, 0.15) is 0 Å². The summed E-state index contributed by atoms with van der Waals surface area (Å²) in [5.41, 5.74) is 0.821. The first-order chi connectivity index (χ1) is 12.4. The van der Waals surface area contributed by atoms with Crippen molar-refractivity contribution in [1.29, 1.82) is 0 Å². The first-order valence-corrected chi connectivity index (χ1v) is 8.40. The quantitative estimate of drug-likeness (QED) is 0.740. The highest BCUT2D eigenvalue weighted by Crippen LogP contribution is 2.28. The predicted octanol–water partition coefficient (Wildman–Crippen LogP) is 3.93. The molecule has 6 nitrogen and oxygen atoms in total. The summed E-state index contributed by atoms with van der Waals surface area (Å²) in [6, 6.07) is 11.3. The number of nitrogens with one attached hydrogen (secondary N) is 1. The molecule has 2 aromatic rings. The summed E-state index contributed by atoms with van der Waals surface area (Å²) < 4.78 is 15.8. The molecule has 0 saturated heterocycles. The summed E-state index contributed by atoms with van der Waals surface area (Å²) >= 11 is 5.80. The maximum Gasteiger partial charge on any atom is 0.339 e. The molecule has 0 aliphatic carbocycles. The average Bonchev–Trinajstić information content (AvgIpc) is 2.64. The van der Waals surface area contributed by atoms with Crippen LogP contribution in [0.1, 0.15) is 24.2 Å². The van der Waals surface area contributed by atoms with E-state index in [0.717, 1.165) is 0 Å². The van der Waals surface area contributed by atoms with Gasteiger partial charge in [-0.2, -0.15) is 0 Å². The van der Waals surface area contributed by atoms with Crippen molar-refractivity contribution in [2.45, 2.75) is 20.0 Å². The van der Waals surface area contributed by atoms with Crippen LogP contribution in [0.15, 0.2) is 42.5 Å². The molecule has 1 N–H and O–H groups in total. The Morgan fingerprint density at radius 3 is 2.42 bits per heavy atom. The fourth-order valence-electron chi connectivity index (χ4n) is 2.13. The Morgan fingerprint density at radius 2 is 1.81 bits per heavy atom. The first kappa shape index (κ1) is 19.6. The van der Waals surface area contributed by atoms with Crippen molar-refractivity contribution in [3.8, 4) is 11.5 Å². The lowest BCUT2D eigenvalue weighted by Crippen LogP contribution is -2.30. The molecular weight excluding hydrogens is 358 g/mol. The number of esters is 1. The maximum atomic E-state index is 12.3. The highest BCUT2D eigenvalue weighted by atomic mass is 35.5. The van der Waals surface area contributed by atoms with Crippen LogP contribution in [0, 0.1) is 0 Å². The van der Waals surface area contributed by atoms with E-state index in [1.807, 2.05) is 6.92 Å². The van der Waals surface area contributed by atoms with Crippen molar-refractivity contribution in [1.82, 2.24) is 0 Å². The van der Waals surface area contributed by atoms with Crippen LogP contribution in [0.2, 0.25) is 5.02 Å². The zero-order chi connectivity index (χ0) is 19.1. The summed E-state index contributed by atoms with van der Waals surface area (Å²) in [5, 5.41) is 3.22. The molecule has 26 heavy (non-hydrogen) atoms. The van der Waals surface area contributed by atoms with Gasteiger partial charge >= 0.3 is 5.97 Å². The number of hydrogen-bond acceptors (Lipinski definition) is 5. The van der Waals surface area contributed by atoms with Crippen molar-refractivity contribution in [3.05, 3.63) is 53.1 Å². The lowest BCUT2D eigenvalue weighted by Gasteiger charge is -2.15. The number of carbonyl (C=O) groups excluding carboxylic acids is 2. The Labute approximate surface area is 157 Å². The molecule has 0 unspecified atom stereocenters. The highest BCUT2D eigenvalue weighted by Gasteiger charge is 2.20. The van der Waals surface area contributed by atoms with Crippen LogP contribution in [0.25, 0.3) is 0 Å². The zero-order valence-electron chi connectivity index (χ0n) is 14.7. The minimum absolute atomic E-state index is 0.261. The van der Waals surface area contributed by atoms with Crippen molar-refractivity contribution >= 4 is 29.2 Å². The molecule has 1 amide bonds.